The van der Waals surface area contributed by atoms with Crippen LogP contribution < -0.4 is 9.62 Å². The van der Waals surface area contributed by atoms with Gasteiger partial charge < -0.3 is 9.87 Å². The number of aromatic nitrogens is 2. The van der Waals surface area contributed by atoms with Crippen molar-refractivity contribution >= 4 is 28.5 Å². The van der Waals surface area contributed by atoms with Crippen LogP contribution in [0.1, 0.15) is 21.5 Å². The minimum atomic E-state index is -2.52. The summed E-state index contributed by atoms with van der Waals surface area (Å²) in [6, 6.07) is 13.6. The van der Waals surface area contributed by atoms with E-state index in [0.29, 0.717) is 23.5 Å². The zero-order valence-electron chi connectivity index (χ0n) is 15.0. The van der Waals surface area contributed by atoms with Crippen LogP contribution in [0.2, 0.25) is 0 Å². The molecule has 0 spiro atoms. The lowest BCUT2D eigenvalue weighted by atomic mass is 10.1. The van der Waals surface area contributed by atoms with Crippen molar-refractivity contribution in [2.75, 3.05) is 4.31 Å². The molecule has 0 saturated heterocycles. The topological polar surface area (TPSA) is 90.3 Å². The maximum Gasteiger partial charge on any atom is 0.251 e. The number of rotatable bonds is 6. The number of carbonyl (C=O) groups is 1. The van der Waals surface area contributed by atoms with E-state index in [1.54, 1.807) is 54.3 Å². The summed E-state index contributed by atoms with van der Waals surface area (Å²) in [4.78, 5) is 12.4. The first kappa shape index (κ1) is 18.8. The fourth-order valence-corrected chi connectivity index (χ4v) is 3.20. The molecular formula is C19H19N4O3S-. The van der Waals surface area contributed by atoms with Crippen LogP contribution >= 0.6 is 0 Å². The standard InChI is InChI=1S/C19H20N4O3S/c1-14-6-8-17(9-7-14)23(27(25)26)18-5-3-4-16(10-18)19(24)20-11-15-12-21-22(2)13-15/h3-10,12-13H,11H2,1-2H3,(H,20,24)(H,25,26)/p-1. The summed E-state index contributed by atoms with van der Waals surface area (Å²) in [7, 11) is 1.80. The normalized spacial score (nSPS) is 11.8. The summed E-state index contributed by atoms with van der Waals surface area (Å²) in [5.41, 5.74) is 3.17. The molecule has 27 heavy (non-hydrogen) atoms. The first-order chi connectivity index (χ1) is 12.9. The molecule has 0 saturated carbocycles. The highest BCUT2D eigenvalue weighted by Gasteiger charge is 2.13. The number of amides is 1. The summed E-state index contributed by atoms with van der Waals surface area (Å²) in [6.07, 6.45) is 3.49. The summed E-state index contributed by atoms with van der Waals surface area (Å²) in [5.74, 6) is -0.291. The second-order valence-corrected chi connectivity index (χ2v) is 6.90. The average Bonchev–Trinajstić information content (AvgIpc) is 3.07. The van der Waals surface area contributed by atoms with Crippen molar-refractivity contribution in [3.63, 3.8) is 0 Å². The quantitative estimate of drug-likeness (QED) is 0.663. The van der Waals surface area contributed by atoms with E-state index in [1.807, 2.05) is 25.3 Å². The zero-order valence-corrected chi connectivity index (χ0v) is 15.8. The number of hydrogen-bond acceptors (Lipinski definition) is 4. The van der Waals surface area contributed by atoms with Crippen LogP contribution in [0.25, 0.3) is 0 Å². The van der Waals surface area contributed by atoms with Crippen molar-refractivity contribution in [3.8, 4) is 0 Å². The number of nitrogens with one attached hydrogen (secondary N) is 1. The predicted octanol–water partition coefficient (Wildman–Crippen LogP) is 2.59. The maximum absolute atomic E-state index is 12.4. The van der Waals surface area contributed by atoms with Crippen LogP contribution in [0.4, 0.5) is 11.4 Å². The van der Waals surface area contributed by atoms with Crippen molar-refractivity contribution in [1.82, 2.24) is 15.1 Å². The third-order valence-corrected chi connectivity index (χ3v) is 4.69. The van der Waals surface area contributed by atoms with Crippen molar-refractivity contribution in [2.24, 2.45) is 7.05 Å². The fraction of sp³-hybridized carbons (Fsp3) is 0.158. The molecule has 3 aromatic rings. The molecule has 2 aromatic carbocycles. The fourth-order valence-electron chi connectivity index (χ4n) is 2.62. The molecule has 0 radical (unpaired) electrons. The third-order valence-electron chi connectivity index (χ3n) is 3.97. The van der Waals surface area contributed by atoms with E-state index in [1.165, 1.54) is 0 Å². The van der Waals surface area contributed by atoms with Crippen molar-refractivity contribution in [3.05, 3.63) is 77.6 Å². The summed E-state index contributed by atoms with van der Waals surface area (Å²) in [6.45, 7) is 2.27. The molecular weight excluding hydrogens is 364 g/mol. The smallest absolute Gasteiger partial charge is 0.251 e. The lowest BCUT2D eigenvalue weighted by Gasteiger charge is -2.27. The van der Waals surface area contributed by atoms with Crippen molar-refractivity contribution in [1.29, 1.82) is 0 Å². The van der Waals surface area contributed by atoms with E-state index in [0.717, 1.165) is 15.4 Å². The Balaban J connectivity index is 1.81. The summed E-state index contributed by atoms with van der Waals surface area (Å²) in [5, 5.41) is 6.86. The van der Waals surface area contributed by atoms with Crippen LogP contribution in [0.3, 0.4) is 0 Å². The van der Waals surface area contributed by atoms with Crippen LogP contribution in [0.5, 0.6) is 0 Å². The van der Waals surface area contributed by atoms with Crippen molar-refractivity contribution in [2.45, 2.75) is 13.5 Å². The number of hydrogen-bond donors (Lipinski definition) is 1. The van der Waals surface area contributed by atoms with Gasteiger partial charge in [-0.3, -0.25) is 18.0 Å². The minimum absolute atomic E-state index is 0.291. The summed E-state index contributed by atoms with van der Waals surface area (Å²) < 4.78 is 26.4. The molecule has 0 bridgehead atoms. The van der Waals surface area contributed by atoms with E-state index in [4.69, 9.17) is 0 Å². The SMILES string of the molecule is Cc1ccc(N(c2cccc(C(=O)NCc3cnn(C)c3)c2)S(=O)[O-])cc1. The van der Waals surface area contributed by atoms with E-state index in [-0.39, 0.29) is 5.91 Å². The molecule has 1 unspecified atom stereocenters. The van der Waals surface area contributed by atoms with Gasteiger partial charge in [-0.15, -0.1) is 0 Å². The zero-order chi connectivity index (χ0) is 19.4. The van der Waals surface area contributed by atoms with Gasteiger partial charge in [0.2, 0.25) is 0 Å². The Kier molecular flexibility index (Phi) is 5.68. The van der Waals surface area contributed by atoms with Crippen molar-refractivity contribution < 1.29 is 13.6 Å². The third kappa shape index (κ3) is 4.60. The molecule has 3 rings (SSSR count). The number of benzene rings is 2. The maximum atomic E-state index is 12.4. The molecule has 1 N–H and O–H groups in total. The second-order valence-electron chi connectivity index (χ2n) is 6.10. The summed E-state index contributed by atoms with van der Waals surface area (Å²) >= 11 is -2.52. The Morgan fingerprint density at radius 1 is 1.22 bits per heavy atom. The number of aryl methyl sites for hydroxylation is 2. The van der Waals surface area contributed by atoms with Gasteiger partial charge in [-0.2, -0.15) is 5.10 Å². The van der Waals surface area contributed by atoms with Gasteiger partial charge in [-0.1, -0.05) is 23.8 Å². The first-order valence-electron chi connectivity index (χ1n) is 8.26. The molecule has 0 aliphatic carbocycles. The molecule has 0 aliphatic rings. The largest absolute Gasteiger partial charge is 0.755 e. The molecule has 1 atom stereocenters. The van der Waals surface area contributed by atoms with Gasteiger partial charge in [0, 0.05) is 30.9 Å². The highest BCUT2D eigenvalue weighted by atomic mass is 32.2. The monoisotopic (exact) mass is 383 g/mol. The van der Waals surface area contributed by atoms with Gasteiger partial charge in [0.15, 0.2) is 0 Å². The van der Waals surface area contributed by atoms with E-state index in [9.17, 15) is 13.6 Å². The van der Waals surface area contributed by atoms with Crippen LogP contribution in [-0.4, -0.2) is 24.4 Å². The Morgan fingerprint density at radius 2 is 1.96 bits per heavy atom. The Bertz CT molecular complexity index is 969. The lowest BCUT2D eigenvalue weighted by Crippen LogP contribution is -2.24. The minimum Gasteiger partial charge on any atom is -0.755 e. The van der Waals surface area contributed by atoms with Gasteiger partial charge in [-0.05, 0) is 37.3 Å². The average molecular weight is 383 g/mol. The second kappa shape index (κ2) is 8.15. The molecule has 1 amide bonds. The van der Waals surface area contributed by atoms with Gasteiger partial charge >= 0.3 is 0 Å². The van der Waals surface area contributed by atoms with E-state index >= 15 is 0 Å². The van der Waals surface area contributed by atoms with Crippen LogP contribution in [-0.2, 0) is 24.9 Å². The van der Waals surface area contributed by atoms with Gasteiger partial charge in [0.1, 0.15) is 0 Å². The highest BCUT2D eigenvalue weighted by Crippen LogP contribution is 2.27. The highest BCUT2D eigenvalue weighted by molar-refractivity contribution is 7.81. The Morgan fingerprint density at radius 3 is 2.59 bits per heavy atom. The van der Waals surface area contributed by atoms with Gasteiger partial charge in [0.05, 0.1) is 28.8 Å². The predicted molar refractivity (Wildman–Crippen MR) is 103 cm³/mol. The number of nitrogens with zero attached hydrogens (tertiary/aromatic N) is 3. The molecule has 0 aliphatic heterocycles. The number of anilines is 2. The lowest BCUT2D eigenvalue weighted by molar-refractivity contribution is 0.0951. The first-order valence-corrected chi connectivity index (χ1v) is 9.29. The Hall–Kier alpha value is -2.97. The Labute approximate surface area is 160 Å². The van der Waals surface area contributed by atoms with E-state index < -0.39 is 11.3 Å². The number of carbonyl (C=O) groups excluding carboxylic acids is 1. The molecule has 7 nitrogen and oxygen atoms in total. The van der Waals surface area contributed by atoms with E-state index in [2.05, 4.69) is 10.4 Å². The molecule has 140 valence electrons. The van der Waals surface area contributed by atoms with Crippen LogP contribution in [0.15, 0.2) is 60.9 Å². The van der Waals surface area contributed by atoms with Gasteiger partial charge in [0.25, 0.3) is 5.91 Å². The molecule has 8 heteroatoms. The van der Waals surface area contributed by atoms with Gasteiger partial charge in [-0.25, -0.2) is 0 Å². The molecule has 1 heterocycles. The molecule has 0 fully saturated rings. The van der Waals surface area contributed by atoms with Crippen LogP contribution in [0, 0.1) is 6.92 Å². The molecule has 1 aromatic heterocycles.